The predicted molar refractivity (Wildman–Crippen MR) is 113 cm³/mol. The summed E-state index contributed by atoms with van der Waals surface area (Å²) in [6.07, 6.45) is 0. The van der Waals surface area contributed by atoms with Crippen LogP contribution in [0.4, 0.5) is 0 Å². The summed E-state index contributed by atoms with van der Waals surface area (Å²) in [5, 5.41) is 0. The van der Waals surface area contributed by atoms with Crippen LogP contribution in [0.3, 0.4) is 0 Å². The number of hydrogen-bond acceptors (Lipinski definition) is 3. The fourth-order valence-corrected chi connectivity index (χ4v) is 3.02. The molecule has 3 nitrogen and oxygen atoms in total. The van der Waals surface area contributed by atoms with Crippen LogP contribution in [0.2, 0.25) is 0 Å². The molecule has 0 radical (unpaired) electrons. The standard InChI is InChI=1S/C25H26O3/c1-17-6-8-18(9-7-17)24(26)19-10-12-20(13-11-19)28-21-14-15-23(27-5)22(16-21)25(2,3)4/h6-16H,1-5H3. The van der Waals surface area contributed by atoms with Crippen molar-refractivity contribution in [3.63, 3.8) is 0 Å². The first-order chi connectivity index (χ1) is 13.3. The maximum Gasteiger partial charge on any atom is 0.193 e. The molecule has 0 bridgehead atoms. The average molecular weight is 374 g/mol. The third-order valence-corrected chi connectivity index (χ3v) is 4.64. The number of ketones is 1. The second kappa shape index (κ2) is 7.89. The Morgan fingerprint density at radius 3 is 1.86 bits per heavy atom. The number of methoxy groups -OCH3 is 1. The molecule has 0 saturated heterocycles. The van der Waals surface area contributed by atoms with Gasteiger partial charge in [-0.25, -0.2) is 0 Å². The molecule has 0 saturated carbocycles. The molecule has 144 valence electrons. The molecule has 3 aromatic carbocycles. The molecule has 0 unspecified atom stereocenters. The normalized spacial score (nSPS) is 11.2. The highest BCUT2D eigenvalue weighted by atomic mass is 16.5. The van der Waals surface area contributed by atoms with E-state index >= 15 is 0 Å². The Bertz CT molecular complexity index is 962. The molecule has 3 heteroatoms. The summed E-state index contributed by atoms with van der Waals surface area (Å²) < 4.78 is 11.5. The second-order valence-electron chi connectivity index (χ2n) is 7.93. The van der Waals surface area contributed by atoms with E-state index in [2.05, 4.69) is 20.8 Å². The Morgan fingerprint density at radius 1 is 0.786 bits per heavy atom. The second-order valence-corrected chi connectivity index (χ2v) is 7.93. The third-order valence-electron chi connectivity index (χ3n) is 4.64. The van der Waals surface area contributed by atoms with Crippen LogP contribution in [0.1, 0.15) is 47.8 Å². The summed E-state index contributed by atoms with van der Waals surface area (Å²) in [4.78, 5) is 12.6. The summed E-state index contributed by atoms with van der Waals surface area (Å²) in [6.45, 7) is 8.42. The SMILES string of the molecule is COc1ccc(Oc2ccc(C(=O)c3ccc(C)cc3)cc2)cc1C(C)(C)C. The van der Waals surface area contributed by atoms with E-state index in [0.29, 0.717) is 16.9 Å². The summed E-state index contributed by atoms with van der Waals surface area (Å²) >= 11 is 0. The molecule has 0 aliphatic heterocycles. The van der Waals surface area contributed by atoms with Crippen LogP contribution in [-0.4, -0.2) is 12.9 Å². The monoisotopic (exact) mass is 374 g/mol. The molecule has 3 aromatic rings. The van der Waals surface area contributed by atoms with Gasteiger partial charge in [-0.2, -0.15) is 0 Å². The van der Waals surface area contributed by atoms with Gasteiger partial charge in [-0.05, 0) is 54.8 Å². The topological polar surface area (TPSA) is 35.5 Å². The molecule has 0 N–H and O–H groups in total. The molecule has 0 aliphatic rings. The van der Waals surface area contributed by atoms with Crippen LogP contribution in [0.15, 0.2) is 66.7 Å². The van der Waals surface area contributed by atoms with Gasteiger partial charge in [-0.1, -0.05) is 50.6 Å². The number of benzene rings is 3. The Hall–Kier alpha value is -3.07. The predicted octanol–water partition coefficient (Wildman–Crippen LogP) is 6.32. The lowest BCUT2D eigenvalue weighted by Crippen LogP contribution is -2.12. The summed E-state index contributed by atoms with van der Waals surface area (Å²) in [5.74, 6) is 2.28. The maximum atomic E-state index is 12.6. The minimum absolute atomic E-state index is 0.00557. The van der Waals surface area contributed by atoms with E-state index in [9.17, 15) is 4.79 Å². The first-order valence-corrected chi connectivity index (χ1v) is 9.36. The minimum atomic E-state index is -0.0605. The van der Waals surface area contributed by atoms with E-state index in [-0.39, 0.29) is 11.2 Å². The Balaban J connectivity index is 1.79. The van der Waals surface area contributed by atoms with E-state index in [1.54, 1.807) is 19.2 Å². The maximum absolute atomic E-state index is 12.6. The van der Waals surface area contributed by atoms with Gasteiger partial charge >= 0.3 is 0 Å². The van der Waals surface area contributed by atoms with Gasteiger partial charge in [0.2, 0.25) is 0 Å². The Morgan fingerprint density at radius 2 is 1.32 bits per heavy atom. The Kier molecular flexibility index (Phi) is 5.55. The van der Waals surface area contributed by atoms with Gasteiger partial charge in [0.05, 0.1) is 7.11 Å². The van der Waals surface area contributed by atoms with E-state index in [1.165, 1.54) is 0 Å². The van der Waals surface area contributed by atoms with Crippen LogP contribution < -0.4 is 9.47 Å². The van der Waals surface area contributed by atoms with Crippen molar-refractivity contribution in [2.75, 3.05) is 7.11 Å². The van der Waals surface area contributed by atoms with Crippen LogP contribution in [0, 0.1) is 6.92 Å². The van der Waals surface area contributed by atoms with Crippen LogP contribution in [0.25, 0.3) is 0 Å². The Labute approximate surface area is 166 Å². The van der Waals surface area contributed by atoms with Crippen molar-refractivity contribution in [1.29, 1.82) is 0 Å². The molecule has 3 rings (SSSR count). The lowest BCUT2D eigenvalue weighted by atomic mass is 9.86. The number of aryl methyl sites for hydroxylation is 1. The largest absolute Gasteiger partial charge is 0.496 e. The van der Waals surface area contributed by atoms with E-state index < -0.39 is 0 Å². The first kappa shape index (κ1) is 19.7. The number of ether oxygens (including phenoxy) is 2. The molecule has 0 atom stereocenters. The zero-order valence-electron chi connectivity index (χ0n) is 17.1. The molecule has 0 spiro atoms. The number of rotatable bonds is 5. The van der Waals surface area contributed by atoms with E-state index in [0.717, 1.165) is 22.6 Å². The highest BCUT2D eigenvalue weighted by molar-refractivity contribution is 6.09. The molecule has 0 amide bonds. The first-order valence-electron chi connectivity index (χ1n) is 9.36. The quantitative estimate of drug-likeness (QED) is 0.490. The van der Waals surface area contributed by atoms with Crippen molar-refractivity contribution in [2.24, 2.45) is 0 Å². The average Bonchev–Trinajstić information content (AvgIpc) is 2.68. The smallest absolute Gasteiger partial charge is 0.193 e. The van der Waals surface area contributed by atoms with Crippen molar-refractivity contribution in [3.8, 4) is 17.2 Å². The van der Waals surface area contributed by atoms with Gasteiger partial charge in [0.25, 0.3) is 0 Å². The highest BCUT2D eigenvalue weighted by Gasteiger charge is 2.20. The molecular weight excluding hydrogens is 348 g/mol. The fourth-order valence-electron chi connectivity index (χ4n) is 3.02. The summed E-state index contributed by atoms with van der Waals surface area (Å²) in [6, 6.07) is 20.7. The minimum Gasteiger partial charge on any atom is -0.496 e. The van der Waals surface area contributed by atoms with Crippen molar-refractivity contribution in [1.82, 2.24) is 0 Å². The molecule has 0 aromatic heterocycles. The third kappa shape index (κ3) is 4.42. The summed E-state index contributed by atoms with van der Waals surface area (Å²) in [7, 11) is 1.68. The number of carbonyl (C=O) groups is 1. The molecule has 28 heavy (non-hydrogen) atoms. The lowest BCUT2D eigenvalue weighted by molar-refractivity contribution is 0.103. The van der Waals surface area contributed by atoms with Crippen molar-refractivity contribution in [2.45, 2.75) is 33.1 Å². The fraction of sp³-hybridized carbons (Fsp3) is 0.240. The van der Waals surface area contributed by atoms with Crippen molar-refractivity contribution < 1.29 is 14.3 Å². The van der Waals surface area contributed by atoms with Crippen LogP contribution in [0.5, 0.6) is 17.2 Å². The molecular formula is C25H26O3. The van der Waals surface area contributed by atoms with Gasteiger partial charge in [-0.15, -0.1) is 0 Å². The highest BCUT2D eigenvalue weighted by Crippen LogP contribution is 2.35. The molecule has 0 heterocycles. The van der Waals surface area contributed by atoms with Gasteiger partial charge in [-0.3, -0.25) is 4.79 Å². The van der Waals surface area contributed by atoms with Gasteiger partial charge in [0, 0.05) is 16.7 Å². The van der Waals surface area contributed by atoms with Crippen molar-refractivity contribution >= 4 is 5.78 Å². The van der Waals surface area contributed by atoms with Crippen LogP contribution in [-0.2, 0) is 5.41 Å². The van der Waals surface area contributed by atoms with Crippen LogP contribution >= 0.6 is 0 Å². The summed E-state index contributed by atoms with van der Waals surface area (Å²) in [5.41, 5.74) is 3.48. The van der Waals surface area contributed by atoms with E-state index in [1.807, 2.05) is 61.5 Å². The van der Waals surface area contributed by atoms with Gasteiger partial charge < -0.3 is 9.47 Å². The number of hydrogen-bond donors (Lipinski definition) is 0. The van der Waals surface area contributed by atoms with E-state index in [4.69, 9.17) is 9.47 Å². The number of carbonyl (C=O) groups excluding carboxylic acids is 1. The molecule has 0 aliphatic carbocycles. The zero-order valence-corrected chi connectivity index (χ0v) is 17.1. The van der Waals surface area contributed by atoms with Gasteiger partial charge in [0.1, 0.15) is 17.2 Å². The van der Waals surface area contributed by atoms with Gasteiger partial charge in [0.15, 0.2) is 5.78 Å². The van der Waals surface area contributed by atoms with Crippen molar-refractivity contribution in [3.05, 3.63) is 89.0 Å². The molecule has 0 fully saturated rings. The lowest BCUT2D eigenvalue weighted by Gasteiger charge is -2.22. The zero-order chi connectivity index (χ0) is 20.3.